The number of carbonyl (C=O) groups is 1. The van der Waals surface area contributed by atoms with Crippen LogP contribution in [0.2, 0.25) is 5.02 Å². The number of nitrogens with one attached hydrogen (secondary N) is 1. The van der Waals surface area contributed by atoms with Crippen molar-refractivity contribution in [3.63, 3.8) is 0 Å². The SMILES string of the molecule is C[C@H](NC(=O)CN1CCN(C)C[C@H]1C)c1ccccc1Cl. The summed E-state index contributed by atoms with van der Waals surface area (Å²) in [5, 5.41) is 3.73. The minimum absolute atomic E-state index is 0.0545. The maximum Gasteiger partial charge on any atom is 0.234 e. The number of hydrogen-bond donors (Lipinski definition) is 1. The van der Waals surface area contributed by atoms with Crippen LogP contribution in [0.15, 0.2) is 24.3 Å². The molecule has 1 aromatic rings. The van der Waals surface area contributed by atoms with Crippen LogP contribution in [0, 0.1) is 0 Å². The number of rotatable bonds is 4. The van der Waals surface area contributed by atoms with E-state index < -0.39 is 0 Å². The van der Waals surface area contributed by atoms with Crippen LogP contribution in [-0.2, 0) is 4.79 Å². The van der Waals surface area contributed by atoms with Crippen LogP contribution in [0.4, 0.5) is 0 Å². The molecule has 1 aromatic carbocycles. The van der Waals surface area contributed by atoms with E-state index in [4.69, 9.17) is 11.6 Å². The second-order valence-corrected chi connectivity index (χ2v) is 6.30. The van der Waals surface area contributed by atoms with Crippen molar-refractivity contribution in [2.75, 3.05) is 33.2 Å². The quantitative estimate of drug-likeness (QED) is 0.926. The summed E-state index contributed by atoms with van der Waals surface area (Å²) in [5.41, 5.74) is 0.957. The molecule has 0 unspecified atom stereocenters. The molecule has 0 radical (unpaired) electrons. The Morgan fingerprint density at radius 3 is 2.81 bits per heavy atom. The molecule has 0 aromatic heterocycles. The van der Waals surface area contributed by atoms with Gasteiger partial charge in [-0.25, -0.2) is 0 Å². The molecule has 2 rings (SSSR count). The summed E-state index contributed by atoms with van der Waals surface area (Å²) < 4.78 is 0. The van der Waals surface area contributed by atoms with Crippen molar-refractivity contribution in [1.82, 2.24) is 15.1 Å². The summed E-state index contributed by atoms with van der Waals surface area (Å²) in [7, 11) is 2.12. The average molecular weight is 310 g/mol. The first-order valence-electron chi connectivity index (χ1n) is 7.43. The van der Waals surface area contributed by atoms with Crippen molar-refractivity contribution in [3.05, 3.63) is 34.9 Å². The van der Waals surface area contributed by atoms with Gasteiger partial charge in [-0.1, -0.05) is 29.8 Å². The molecule has 0 spiro atoms. The van der Waals surface area contributed by atoms with Gasteiger partial charge in [-0.05, 0) is 32.5 Å². The van der Waals surface area contributed by atoms with Crippen molar-refractivity contribution in [2.24, 2.45) is 0 Å². The number of carbonyl (C=O) groups excluding carboxylic acids is 1. The number of piperazine rings is 1. The molecule has 0 bridgehead atoms. The maximum absolute atomic E-state index is 12.2. The summed E-state index contributed by atoms with van der Waals surface area (Å²) in [6, 6.07) is 7.96. The highest BCUT2D eigenvalue weighted by Crippen LogP contribution is 2.22. The number of halogens is 1. The van der Waals surface area contributed by atoms with Gasteiger partial charge in [-0.15, -0.1) is 0 Å². The van der Waals surface area contributed by atoms with Gasteiger partial charge in [-0.2, -0.15) is 0 Å². The van der Waals surface area contributed by atoms with Crippen molar-refractivity contribution >= 4 is 17.5 Å². The van der Waals surface area contributed by atoms with Crippen LogP contribution in [0.3, 0.4) is 0 Å². The van der Waals surface area contributed by atoms with Gasteiger partial charge in [0.15, 0.2) is 0 Å². The third-order valence-electron chi connectivity index (χ3n) is 4.06. The molecule has 21 heavy (non-hydrogen) atoms. The van der Waals surface area contributed by atoms with Crippen molar-refractivity contribution < 1.29 is 4.79 Å². The first kappa shape index (κ1) is 16.3. The second kappa shape index (κ2) is 7.25. The van der Waals surface area contributed by atoms with E-state index in [1.165, 1.54) is 0 Å². The molecule has 116 valence electrons. The highest BCUT2D eigenvalue weighted by atomic mass is 35.5. The Morgan fingerprint density at radius 2 is 2.14 bits per heavy atom. The average Bonchev–Trinajstić information content (AvgIpc) is 2.42. The van der Waals surface area contributed by atoms with Crippen LogP contribution in [-0.4, -0.2) is 55.0 Å². The van der Waals surface area contributed by atoms with Crippen LogP contribution < -0.4 is 5.32 Å². The molecule has 4 nitrogen and oxygen atoms in total. The van der Waals surface area contributed by atoms with E-state index in [0.29, 0.717) is 17.6 Å². The number of nitrogens with zero attached hydrogens (tertiary/aromatic N) is 2. The van der Waals surface area contributed by atoms with E-state index in [2.05, 4.69) is 29.1 Å². The van der Waals surface area contributed by atoms with Gasteiger partial charge in [0.1, 0.15) is 0 Å². The standard InChI is InChI=1S/C16H24ClN3O/c1-12-10-19(3)8-9-20(12)11-16(21)18-13(2)14-6-4-5-7-15(14)17/h4-7,12-13H,8-11H2,1-3H3,(H,18,21)/t12-,13+/m1/s1. The van der Waals surface area contributed by atoms with Crippen LogP contribution in [0.25, 0.3) is 0 Å². The van der Waals surface area contributed by atoms with Crippen LogP contribution in [0.5, 0.6) is 0 Å². The minimum atomic E-state index is -0.0750. The van der Waals surface area contributed by atoms with Gasteiger partial charge in [0.2, 0.25) is 5.91 Å². The summed E-state index contributed by atoms with van der Waals surface area (Å²) in [6.45, 7) is 7.54. The molecule has 1 fully saturated rings. The summed E-state index contributed by atoms with van der Waals surface area (Å²) in [5.74, 6) is 0.0545. The lowest BCUT2D eigenvalue weighted by Gasteiger charge is -2.37. The third kappa shape index (κ3) is 4.43. The molecule has 1 aliphatic rings. The Labute approximate surface area is 132 Å². The largest absolute Gasteiger partial charge is 0.348 e. The molecule has 5 heteroatoms. The van der Waals surface area contributed by atoms with E-state index in [1.54, 1.807) is 0 Å². The maximum atomic E-state index is 12.2. The first-order valence-corrected chi connectivity index (χ1v) is 7.81. The van der Waals surface area contributed by atoms with Crippen LogP contribution in [0.1, 0.15) is 25.5 Å². The molecule has 1 N–H and O–H groups in total. The molecular weight excluding hydrogens is 286 g/mol. The monoisotopic (exact) mass is 309 g/mol. The van der Waals surface area contributed by atoms with E-state index in [1.807, 2.05) is 31.2 Å². The Balaban J connectivity index is 1.88. The van der Waals surface area contributed by atoms with E-state index >= 15 is 0 Å². The number of hydrogen-bond acceptors (Lipinski definition) is 3. The zero-order chi connectivity index (χ0) is 15.4. The lowest BCUT2D eigenvalue weighted by molar-refractivity contribution is -0.124. The topological polar surface area (TPSA) is 35.6 Å². The highest BCUT2D eigenvalue weighted by molar-refractivity contribution is 6.31. The summed E-state index contributed by atoms with van der Waals surface area (Å²) >= 11 is 6.17. The number of likely N-dealkylation sites (N-methyl/N-ethyl adjacent to an activating group) is 1. The molecule has 2 atom stereocenters. The predicted molar refractivity (Wildman–Crippen MR) is 86.5 cm³/mol. The Kier molecular flexibility index (Phi) is 5.62. The zero-order valence-corrected chi connectivity index (χ0v) is 13.7. The van der Waals surface area contributed by atoms with Gasteiger partial charge in [-0.3, -0.25) is 9.69 Å². The Bertz CT molecular complexity index is 494. The molecule has 1 aliphatic heterocycles. The fraction of sp³-hybridized carbons (Fsp3) is 0.562. The van der Waals surface area contributed by atoms with Gasteiger partial charge in [0.25, 0.3) is 0 Å². The molecule has 0 saturated carbocycles. The van der Waals surface area contributed by atoms with Gasteiger partial charge in [0, 0.05) is 30.7 Å². The Hall–Kier alpha value is -1.10. The van der Waals surface area contributed by atoms with Crippen molar-refractivity contribution in [1.29, 1.82) is 0 Å². The van der Waals surface area contributed by atoms with Crippen molar-refractivity contribution in [2.45, 2.75) is 25.9 Å². The summed E-state index contributed by atoms with van der Waals surface area (Å²) in [6.07, 6.45) is 0. The van der Waals surface area contributed by atoms with E-state index in [-0.39, 0.29) is 11.9 Å². The zero-order valence-electron chi connectivity index (χ0n) is 13.0. The van der Waals surface area contributed by atoms with E-state index in [9.17, 15) is 4.79 Å². The Morgan fingerprint density at radius 1 is 1.43 bits per heavy atom. The third-order valence-corrected chi connectivity index (χ3v) is 4.41. The normalized spacial score (nSPS) is 22.0. The molecule has 0 aliphatic carbocycles. The highest BCUT2D eigenvalue weighted by Gasteiger charge is 2.23. The molecule has 1 heterocycles. The predicted octanol–water partition coefficient (Wildman–Crippen LogP) is 2.15. The lowest BCUT2D eigenvalue weighted by Crippen LogP contribution is -2.53. The van der Waals surface area contributed by atoms with Gasteiger partial charge < -0.3 is 10.2 Å². The number of benzene rings is 1. The molecular formula is C16H24ClN3O. The van der Waals surface area contributed by atoms with Crippen molar-refractivity contribution in [3.8, 4) is 0 Å². The molecule has 1 amide bonds. The van der Waals surface area contributed by atoms with Gasteiger partial charge >= 0.3 is 0 Å². The number of amides is 1. The fourth-order valence-corrected chi connectivity index (χ4v) is 3.09. The first-order chi connectivity index (χ1) is 9.97. The second-order valence-electron chi connectivity index (χ2n) is 5.89. The summed E-state index contributed by atoms with van der Waals surface area (Å²) in [4.78, 5) is 16.8. The van der Waals surface area contributed by atoms with E-state index in [0.717, 1.165) is 25.2 Å². The lowest BCUT2D eigenvalue weighted by atomic mass is 10.1. The van der Waals surface area contributed by atoms with Gasteiger partial charge in [0.05, 0.1) is 12.6 Å². The fourth-order valence-electron chi connectivity index (χ4n) is 2.79. The molecule has 1 saturated heterocycles. The van der Waals surface area contributed by atoms with Crippen LogP contribution >= 0.6 is 11.6 Å². The smallest absolute Gasteiger partial charge is 0.234 e. The minimum Gasteiger partial charge on any atom is -0.348 e.